The number of imide groups is 1. The van der Waals surface area contributed by atoms with Crippen LogP contribution in [0.25, 0.3) is 0 Å². The largest absolute Gasteiger partial charge is 0.376 e. The Morgan fingerprint density at radius 2 is 1.97 bits per heavy atom. The molecule has 1 aliphatic carbocycles. The number of amides is 3. The summed E-state index contributed by atoms with van der Waals surface area (Å²) in [4.78, 5) is 41.9. The molecule has 2 fully saturated rings. The van der Waals surface area contributed by atoms with Gasteiger partial charge in [-0.3, -0.25) is 19.3 Å². The second kappa shape index (κ2) is 7.39. The van der Waals surface area contributed by atoms with E-state index in [1.807, 2.05) is 16.3 Å². The molecule has 0 spiro atoms. The van der Waals surface area contributed by atoms with E-state index in [1.54, 1.807) is 29.5 Å². The number of carbonyl (C=O) groups excluding carboxylic acids is 3. The molecule has 150 valence electrons. The van der Waals surface area contributed by atoms with Crippen LogP contribution in [-0.2, 0) is 11.3 Å². The molecule has 1 atom stereocenters. The fourth-order valence-corrected chi connectivity index (χ4v) is 4.74. The van der Waals surface area contributed by atoms with Crippen molar-refractivity contribution in [3.8, 4) is 0 Å². The Labute approximate surface area is 173 Å². The Balaban J connectivity index is 1.38. The Morgan fingerprint density at radius 3 is 2.66 bits per heavy atom. The molecule has 3 amide bonds. The molecule has 1 saturated heterocycles. The van der Waals surface area contributed by atoms with Crippen LogP contribution in [0.5, 0.6) is 0 Å². The van der Waals surface area contributed by atoms with Crippen LogP contribution in [0.1, 0.15) is 62.3 Å². The van der Waals surface area contributed by atoms with Crippen LogP contribution in [0.3, 0.4) is 0 Å². The SMILES string of the molecule is O=C1c2ccc(C(=O)N(Cc3ccsc3)C3CC3)cc2C(=O)N1CC1CCCO1. The predicted molar refractivity (Wildman–Crippen MR) is 108 cm³/mol. The van der Waals surface area contributed by atoms with Crippen LogP contribution in [0, 0.1) is 0 Å². The van der Waals surface area contributed by atoms with Gasteiger partial charge in [0, 0.05) is 24.8 Å². The molecule has 6 nitrogen and oxygen atoms in total. The van der Waals surface area contributed by atoms with Gasteiger partial charge in [0.05, 0.1) is 23.8 Å². The number of fused-ring (bicyclic) bond motifs is 1. The molecule has 3 aliphatic rings. The molecule has 3 heterocycles. The van der Waals surface area contributed by atoms with Crippen molar-refractivity contribution in [3.63, 3.8) is 0 Å². The van der Waals surface area contributed by atoms with Crippen LogP contribution < -0.4 is 0 Å². The van der Waals surface area contributed by atoms with Crippen molar-refractivity contribution in [2.24, 2.45) is 0 Å². The number of thiophene rings is 1. The van der Waals surface area contributed by atoms with E-state index in [2.05, 4.69) is 5.38 Å². The van der Waals surface area contributed by atoms with Crippen LogP contribution in [0.2, 0.25) is 0 Å². The van der Waals surface area contributed by atoms with E-state index < -0.39 is 0 Å². The minimum atomic E-state index is -0.328. The number of benzene rings is 1. The second-order valence-corrected chi connectivity index (χ2v) is 8.69. The summed E-state index contributed by atoms with van der Waals surface area (Å²) < 4.78 is 5.58. The van der Waals surface area contributed by atoms with Gasteiger partial charge in [0.2, 0.25) is 0 Å². The van der Waals surface area contributed by atoms with Gasteiger partial charge < -0.3 is 9.64 Å². The van der Waals surface area contributed by atoms with E-state index in [-0.39, 0.29) is 36.4 Å². The summed E-state index contributed by atoms with van der Waals surface area (Å²) in [6.07, 6.45) is 3.74. The standard InChI is InChI=1S/C22H22N2O4S/c25-20(23(16-4-5-16)11-14-7-9-29-13-14)15-3-6-18-19(10-15)22(27)24(21(18)26)12-17-2-1-8-28-17/h3,6-7,9-10,13,16-17H,1-2,4-5,8,11-12H2. The Bertz CT molecular complexity index is 961. The summed E-state index contributed by atoms with van der Waals surface area (Å²) in [6.45, 7) is 1.53. The summed E-state index contributed by atoms with van der Waals surface area (Å²) in [5.41, 5.74) is 2.28. The van der Waals surface area contributed by atoms with Crippen molar-refractivity contribution in [2.75, 3.05) is 13.2 Å². The maximum Gasteiger partial charge on any atom is 0.261 e. The van der Waals surface area contributed by atoms with Crippen molar-refractivity contribution < 1.29 is 19.1 Å². The minimum absolute atomic E-state index is 0.0840. The molecule has 7 heteroatoms. The topological polar surface area (TPSA) is 66.9 Å². The lowest BCUT2D eigenvalue weighted by atomic mass is 10.0. The zero-order valence-electron chi connectivity index (χ0n) is 16.0. The van der Waals surface area contributed by atoms with E-state index in [0.717, 1.165) is 31.2 Å². The molecule has 0 radical (unpaired) electrons. The van der Waals surface area contributed by atoms with Gasteiger partial charge in [-0.2, -0.15) is 11.3 Å². The first-order chi connectivity index (χ1) is 14.1. The third kappa shape index (κ3) is 3.49. The predicted octanol–water partition coefficient (Wildman–Crippen LogP) is 3.33. The summed E-state index contributed by atoms with van der Waals surface area (Å²) in [5.74, 6) is -0.706. The van der Waals surface area contributed by atoms with E-state index in [1.165, 1.54) is 4.90 Å². The van der Waals surface area contributed by atoms with Gasteiger partial charge in [-0.15, -0.1) is 0 Å². The number of ether oxygens (including phenoxy) is 1. The first-order valence-electron chi connectivity index (χ1n) is 10.1. The highest BCUT2D eigenvalue weighted by Gasteiger charge is 2.39. The van der Waals surface area contributed by atoms with Crippen LogP contribution >= 0.6 is 11.3 Å². The number of hydrogen-bond acceptors (Lipinski definition) is 5. The third-order valence-corrected chi connectivity index (χ3v) is 6.54. The average molecular weight is 410 g/mol. The maximum atomic E-state index is 13.2. The molecule has 2 aliphatic heterocycles. The fourth-order valence-electron chi connectivity index (χ4n) is 4.08. The third-order valence-electron chi connectivity index (χ3n) is 5.81. The van der Waals surface area contributed by atoms with Crippen LogP contribution in [0.4, 0.5) is 0 Å². The number of nitrogens with zero attached hydrogens (tertiary/aromatic N) is 2. The molecule has 2 aromatic rings. The highest BCUT2D eigenvalue weighted by atomic mass is 32.1. The summed E-state index contributed by atoms with van der Waals surface area (Å²) in [5, 5.41) is 4.06. The average Bonchev–Trinajstić information content (AvgIpc) is 3.13. The zero-order valence-corrected chi connectivity index (χ0v) is 16.8. The van der Waals surface area contributed by atoms with Crippen LogP contribution in [-0.4, -0.2) is 52.8 Å². The van der Waals surface area contributed by atoms with Gasteiger partial charge in [-0.1, -0.05) is 0 Å². The van der Waals surface area contributed by atoms with Crippen LogP contribution in [0.15, 0.2) is 35.0 Å². The van der Waals surface area contributed by atoms with Crippen molar-refractivity contribution >= 4 is 29.1 Å². The smallest absolute Gasteiger partial charge is 0.261 e. The van der Waals surface area contributed by atoms with Gasteiger partial charge >= 0.3 is 0 Å². The van der Waals surface area contributed by atoms with Crippen molar-refractivity contribution in [3.05, 3.63) is 57.3 Å². The van der Waals surface area contributed by atoms with Gasteiger partial charge in [0.1, 0.15) is 0 Å². The Morgan fingerprint density at radius 1 is 1.14 bits per heavy atom. The summed E-state index contributed by atoms with van der Waals surface area (Å²) in [6, 6.07) is 7.17. The lowest BCUT2D eigenvalue weighted by molar-refractivity contribution is 0.0475. The minimum Gasteiger partial charge on any atom is -0.376 e. The lowest BCUT2D eigenvalue weighted by Crippen LogP contribution is -2.36. The molecule has 0 N–H and O–H groups in total. The maximum absolute atomic E-state index is 13.2. The zero-order chi connectivity index (χ0) is 20.0. The van der Waals surface area contributed by atoms with Gasteiger partial charge in [0.25, 0.3) is 17.7 Å². The first-order valence-corrected chi connectivity index (χ1v) is 11.0. The first kappa shape index (κ1) is 18.5. The fraction of sp³-hybridized carbons (Fsp3) is 0.409. The van der Waals surface area contributed by atoms with E-state index in [4.69, 9.17) is 4.74 Å². The van der Waals surface area contributed by atoms with E-state index >= 15 is 0 Å². The Hall–Kier alpha value is -2.51. The summed E-state index contributed by atoms with van der Waals surface area (Å²) >= 11 is 1.62. The van der Waals surface area contributed by atoms with Crippen molar-refractivity contribution in [1.82, 2.24) is 9.80 Å². The van der Waals surface area contributed by atoms with E-state index in [0.29, 0.717) is 29.8 Å². The highest BCUT2D eigenvalue weighted by Crippen LogP contribution is 2.32. The number of hydrogen-bond donors (Lipinski definition) is 0. The van der Waals surface area contributed by atoms with Crippen molar-refractivity contribution in [1.29, 1.82) is 0 Å². The molecular weight excluding hydrogens is 388 g/mol. The number of carbonyl (C=O) groups is 3. The normalized spacial score (nSPS) is 21.0. The molecule has 0 bridgehead atoms. The van der Waals surface area contributed by atoms with E-state index in [9.17, 15) is 14.4 Å². The molecular formula is C22H22N2O4S. The monoisotopic (exact) mass is 410 g/mol. The van der Waals surface area contributed by atoms with Crippen molar-refractivity contribution in [2.45, 2.75) is 44.4 Å². The lowest BCUT2D eigenvalue weighted by Gasteiger charge is -2.22. The molecule has 1 aromatic heterocycles. The highest BCUT2D eigenvalue weighted by molar-refractivity contribution is 7.07. The molecule has 1 aromatic carbocycles. The van der Waals surface area contributed by atoms with Gasteiger partial charge in [0.15, 0.2) is 0 Å². The quantitative estimate of drug-likeness (QED) is 0.685. The van der Waals surface area contributed by atoms with Gasteiger partial charge in [-0.05, 0) is 66.3 Å². The molecule has 29 heavy (non-hydrogen) atoms. The Kier molecular flexibility index (Phi) is 4.72. The number of rotatable bonds is 6. The summed E-state index contributed by atoms with van der Waals surface area (Å²) in [7, 11) is 0. The van der Waals surface area contributed by atoms with Gasteiger partial charge in [-0.25, -0.2) is 0 Å². The second-order valence-electron chi connectivity index (χ2n) is 7.91. The molecule has 1 saturated carbocycles. The molecule has 5 rings (SSSR count). The molecule has 1 unspecified atom stereocenters.